The molecular formula is C25H27FN8O5S. The lowest BCUT2D eigenvalue weighted by molar-refractivity contribution is 0.0958. The summed E-state index contributed by atoms with van der Waals surface area (Å²) in [4.78, 5) is 24.5. The maximum absolute atomic E-state index is 13.5. The van der Waals surface area contributed by atoms with Gasteiger partial charge in [0.1, 0.15) is 34.4 Å². The molecule has 1 amide bonds. The van der Waals surface area contributed by atoms with Crippen LogP contribution in [0.25, 0.3) is 17.2 Å². The van der Waals surface area contributed by atoms with Crippen molar-refractivity contribution in [3.63, 3.8) is 0 Å². The molecule has 4 aromatic rings. The summed E-state index contributed by atoms with van der Waals surface area (Å²) >= 11 is 0. The standard InChI is InChI=1S/C25H27FN8O5S/c1-14(22-28-12-16(26)13-29-22)15(2)40(36,37)33-25-32-31-23(17-8-6-9-18(30-17)24(35)27-3)34(25)21-19(38-4)10-7-11-20(21)39-5/h6-15H,1-5H3,(H,27,35)(H,32,33)/t14-,15-/m1/s1. The van der Waals surface area contributed by atoms with E-state index in [2.05, 4.69) is 35.2 Å². The zero-order chi connectivity index (χ0) is 29.0. The molecule has 0 radical (unpaired) electrons. The Hall–Kier alpha value is -4.66. The third-order valence-electron chi connectivity index (χ3n) is 6.20. The number of anilines is 1. The van der Waals surface area contributed by atoms with Crippen LogP contribution in [0.3, 0.4) is 0 Å². The summed E-state index contributed by atoms with van der Waals surface area (Å²) < 4.78 is 55.4. The van der Waals surface area contributed by atoms with Crippen LogP contribution in [0.4, 0.5) is 10.3 Å². The molecule has 40 heavy (non-hydrogen) atoms. The Morgan fingerprint density at radius 3 is 2.23 bits per heavy atom. The Bertz CT molecular complexity index is 1610. The number of amides is 1. The highest BCUT2D eigenvalue weighted by molar-refractivity contribution is 7.93. The molecule has 13 nitrogen and oxygen atoms in total. The number of pyridine rings is 1. The van der Waals surface area contributed by atoms with Gasteiger partial charge in [0.05, 0.1) is 31.9 Å². The molecule has 0 aliphatic heterocycles. The van der Waals surface area contributed by atoms with Gasteiger partial charge in [0.2, 0.25) is 16.0 Å². The highest BCUT2D eigenvalue weighted by atomic mass is 32.2. The summed E-state index contributed by atoms with van der Waals surface area (Å²) in [5.41, 5.74) is 0.637. The number of carbonyl (C=O) groups excluding carboxylic acids is 1. The van der Waals surface area contributed by atoms with E-state index >= 15 is 0 Å². The van der Waals surface area contributed by atoms with E-state index < -0.39 is 32.9 Å². The summed E-state index contributed by atoms with van der Waals surface area (Å²) in [6.45, 7) is 3.09. The lowest BCUT2D eigenvalue weighted by Crippen LogP contribution is -2.31. The molecule has 3 aromatic heterocycles. The minimum Gasteiger partial charge on any atom is -0.494 e. The molecule has 3 heterocycles. The zero-order valence-electron chi connectivity index (χ0n) is 22.3. The summed E-state index contributed by atoms with van der Waals surface area (Å²) in [5, 5.41) is 9.77. The first-order valence-electron chi connectivity index (χ1n) is 12.0. The van der Waals surface area contributed by atoms with Gasteiger partial charge in [0.25, 0.3) is 5.91 Å². The van der Waals surface area contributed by atoms with Crippen molar-refractivity contribution in [2.24, 2.45) is 0 Å². The second-order valence-corrected chi connectivity index (χ2v) is 10.6. The molecule has 0 spiro atoms. The quantitative estimate of drug-likeness (QED) is 0.290. The molecule has 2 atom stereocenters. The number of ether oxygens (including phenoxy) is 2. The van der Waals surface area contributed by atoms with Gasteiger partial charge in [-0.1, -0.05) is 19.1 Å². The maximum Gasteiger partial charge on any atom is 0.269 e. The molecule has 1 aromatic carbocycles. The van der Waals surface area contributed by atoms with E-state index in [9.17, 15) is 17.6 Å². The molecule has 15 heteroatoms. The van der Waals surface area contributed by atoms with Crippen LogP contribution >= 0.6 is 0 Å². The number of sulfonamides is 1. The average molecular weight is 571 g/mol. The summed E-state index contributed by atoms with van der Waals surface area (Å²) in [7, 11) is 0.224. The molecule has 4 rings (SSSR count). The monoisotopic (exact) mass is 570 g/mol. The van der Waals surface area contributed by atoms with Gasteiger partial charge >= 0.3 is 0 Å². The predicted octanol–water partition coefficient (Wildman–Crippen LogP) is 2.57. The molecule has 0 saturated carbocycles. The Morgan fingerprint density at radius 1 is 1.00 bits per heavy atom. The van der Waals surface area contributed by atoms with E-state index in [1.165, 1.54) is 38.8 Å². The van der Waals surface area contributed by atoms with Gasteiger partial charge < -0.3 is 14.8 Å². The number of aromatic nitrogens is 6. The van der Waals surface area contributed by atoms with Crippen molar-refractivity contribution in [2.75, 3.05) is 26.0 Å². The second-order valence-electron chi connectivity index (χ2n) is 8.58. The van der Waals surface area contributed by atoms with Crippen LogP contribution in [-0.2, 0) is 10.0 Å². The van der Waals surface area contributed by atoms with Crippen molar-refractivity contribution in [1.82, 2.24) is 35.0 Å². The van der Waals surface area contributed by atoms with Crippen molar-refractivity contribution in [3.05, 3.63) is 66.1 Å². The number of nitrogens with one attached hydrogen (secondary N) is 2. The Labute approximate surface area is 229 Å². The van der Waals surface area contributed by atoms with Crippen molar-refractivity contribution in [2.45, 2.75) is 25.0 Å². The summed E-state index contributed by atoms with van der Waals surface area (Å²) in [6, 6.07) is 9.75. The number of para-hydroxylation sites is 1. The van der Waals surface area contributed by atoms with Crippen molar-refractivity contribution < 1.29 is 27.1 Å². The van der Waals surface area contributed by atoms with E-state index in [-0.39, 0.29) is 29.0 Å². The van der Waals surface area contributed by atoms with E-state index in [0.29, 0.717) is 17.2 Å². The van der Waals surface area contributed by atoms with E-state index in [1.54, 1.807) is 37.3 Å². The normalized spacial score (nSPS) is 12.8. The number of carbonyl (C=O) groups is 1. The first-order valence-corrected chi connectivity index (χ1v) is 13.5. The highest BCUT2D eigenvalue weighted by Crippen LogP contribution is 2.37. The number of halogens is 1. The minimum absolute atomic E-state index is 0.105. The van der Waals surface area contributed by atoms with Crippen molar-refractivity contribution >= 4 is 21.9 Å². The van der Waals surface area contributed by atoms with Gasteiger partial charge in [-0.3, -0.25) is 14.1 Å². The van der Waals surface area contributed by atoms with E-state index in [0.717, 1.165) is 12.4 Å². The van der Waals surface area contributed by atoms with Gasteiger partial charge in [-0.2, -0.15) is 0 Å². The summed E-state index contributed by atoms with van der Waals surface area (Å²) in [6.07, 6.45) is 1.95. The Kier molecular flexibility index (Phi) is 8.23. The van der Waals surface area contributed by atoms with Crippen LogP contribution in [0.2, 0.25) is 0 Å². The third-order valence-corrected chi connectivity index (χ3v) is 8.06. The molecule has 0 saturated heterocycles. The lowest BCUT2D eigenvalue weighted by atomic mass is 10.1. The minimum atomic E-state index is -4.15. The second kappa shape index (κ2) is 11.6. The number of hydrogen-bond acceptors (Lipinski definition) is 10. The fraction of sp³-hybridized carbons (Fsp3) is 0.280. The molecular weight excluding hydrogens is 543 g/mol. The lowest BCUT2D eigenvalue weighted by Gasteiger charge is -2.21. The average Bonchev–Trinajstić information content (AvgIpc) is 3.37. The van der Waals surface area contributed by atoms with Crippen LogP contribution in [0.15, 0.2) is 48.8 Å². The van der Waals surface area contributed by atoms with Crippen LogP contribution < -0.4 is 19.5 Å². The van der Waals surface area contributed by atoms with Crippen LogP contribution in [0, 0.1) is 5.82 Å². The maximum atomic E-state index is 13.5. The largest absolute Gasteiger partial charge is 0.494 e. The van der Waals surface area contributed by atoms with Crippen LogP contribution in [0.5, 0.6) is 11.5 Å². The van der Waals surface area contributed by atoms with E-state index in [1.807, 2.05) is 0 Å². The van der Waals surface area contributed by atoms with Gasteiger partial charge in [-0.15, -0.1) is 10.2 Å². The zero-order valence-corrected chi connectivity index (χ0v) is 23.1. The van der Waals surface area contributed by atoms with Gasteiger partial charge in [-0.05, 0) is 31.2 Å². The Balaban J connectivity index is 1.86. The van der Waals surface area contributed by atoms with Crippen LogP contribution in [-0.4, -0.2) is 70.6 Å². The van der Waals surface area contributed by atoms with Gasteiger partial charge in [-0.25, -0.2) is 27.8 Å². The third kappa shape index (κ3) is 5.54. The SMILES string of the molecule is CNC(=O)c1cccc(-c2nnc(NS(=O)(=O)[C@H](C)[C@@H](C)c3ncc(F)cn3)n2-c2c(OC)cccc2OC)n1. The number of nitrogens with zero attached hydrogens (tertiary/aromatic N) is 6. The smallest absolute Gasteiger partial charge is 0.269 e. The fourth-order valence-corrected chi connectivity index (χ4v) is 5.08. The summed E-state index contributed by atoms with van der Waals surface area (Å²) in [5.74, 6) is -1.05. The predicted molar refractivity (Wildman–Crippen MR) is 143 cm³/mol. The molecule has 0 unspecified atom stereocenters. The molecule has 0 fully saturated rings. The highest BCUT2D eigenvalue weighted by Gasteiger charge is 2.32. The Morgan fingerprint density at radius 2 is 1.62 bits per heavy atom. The molecule has 0 bridgehead atoms. The number of methoxy groups -OCH3 is 2. The van der Waals surface area contributed by atoms with Crippen LogP contribution in [0.1, 0.15) is 36.1 Å². The molecule has 0 aliphatic rings. The molecule has 2 N–H and O–H groups in total. The van der Waals surface area contributed by atoms with Crippen molar-refractivity contribution in [1.29, 1.82) is 0 Å². The fourth-order valence-electron chi connectivity index (χ4n) is 3.85. The van der Waals surface area contributed by atoms with Crippen molar-refractivity contribution in [3.8, 4) is 28.7 Å². The first-order chi connectivity index (χ1) is 19.1. The first kappa shape index (κ1) is 28.4. The number of hydrogen-bond donors (Lipinski definition) is 2. The van der Waals surface area contributed by atoms with Gasteiger partial charge in [0.15, 0.2) is 11.6 Å². The molecule has 210 valence electrons. The number of benzene rings is 1. The molecule has 0 aliphatic carbocycles. The number of rotatable bonds is 10. The topological polar surface area (TPSA) is 163 Å². The van der Waals surface area contributed by atoms with E-state index in [4.69, 9.17) is 9.47 Å². The van der Waals surface area contributed by atoms with Gasteiger partial charge in [0, 0.05) is 13.0 Å².